The first-order valence-corrected chi connectivity index (χ1v) is 10.3. The molecule has 2 aromatic carbocycles. The lowest BCUT2D eigenvalue weighted by molar-refractivity contribution is -0.119. The van der Waals surface area contributed by atoms with Gasteiger partial charge >= 0.3 is 5.69 Å². The molecule has 9 nitrogen and oxygen atoms in total. The van der Waals surface area contributed by atoms with Gasteiger partial charge in [0.25, 0.3) is 11.5 Å². The molecular weight excluding hydrogens is 420 g/mol. The predicted molar refractivity (Wildman–Crippen MR) is 131 cm³/mol. The summed E-state index contributed by atoms with van der Waals surface area (Å²) >= 11 is 0. The number of allylic oxidation sites excluding steroid dienone is 3. The molecule has 9 heteroatoms. The van der Waals surface area contributed by atoms with Crippen molar-refractivity contribution < 1.29 is 4.79 Å². The van der Waals surface area contributed by atoms with Crippen LogP contribution >= 0.6 is 0 Å². The maximum atomic E-state index is 12.7. The van der Waals surface area contributed by atoms with Crippen LogP contribution in [0.25, 0.3) is 10.8 Å². The number of amides is 1. The Morgan fingerprint density at radius 3 is 2.70 bits per heavy atom. The first-order valence-electron chi connectivity index (χ1n) is 10.3. The number of hydrogen-bond donors (Lipinski definition) is 2. The quantitative estimate of drug-likeness (QED) is 0.342. The first kappa shape index (κ1) is 21.8. The number of aromatic nitrogens is 2. The van der Waals surface area contributed by atoms with E-state index < -0.39 is 17.2 Å². The fraction of sp³-hybridized carbons (Fsp3) is 0.167. The van der Waals surface area contributed by atoms with Gasteiger partial charge in [-0.15, -0.1) is 0 Å². The number of nitrogens with zero attached hydrogens (tertiary/aromatic N) is 4. The molecular formula is C24H24N6O3. The second-order valence-corrected chi connectivity index (χ2v) is 7.59. The zero-order valence-corrected chi connectivity index (χ0v) is 18.4. The minimum atomic E-state index is -0.459. The molecule has 168 valence electrons. The van der Waals surface area contributed by atoms with E-state index in [0.717, 1.165) is 20.9 Å². The number of hydrazone groups is 1. The number of nitrogens with one attached hydrogen (secondary N) is 2. The number of hydrogen-bond acceptors (Lipinski definition) is 6. The van der Waals surface area contributed by atoms with E-state index in [9.17, 15) is 14.4 Å². The Hall–Kier alpha value is -4.40. The third kappa shape index (κ3) is 4.08. The van der Waals surface area contributed by atoms with Crippen molar-refractivity contribution in [1.82, 2.24) is 14.6 Å². The second kappa shape index (κ2) is 8.99. The highest BCUT2D eigenvalue weighted by atomic mass is 16.2. The highest BCUT2D eigenvalue weighted by molar-refractivity contribution is 6.16. The van der Waals surface area contributed by atoms with Gasteiger partial charge in [-0.25, -0.2) is 10.2 Å². The van der Waals surface area contributed by atoms with E-state index in [1.165, 1.54) is 11.6 Å². The summed E-state index contributed by atoms with van der Waals surface area (Å²) in [6, 6.07) is 13.8. The SMILES string of the molecule is C=C/C=C\C(=N/NC(=O)CN1CNc2c1c(=O)n(C)c(=O)n2C)c1cccc2ccccc12. The smallest absolute Gasteiger partial charge is 0.332 e. The standard InChI is InChI=1S/C24H24N6O3/c1-4-5-13-19(18-12-8-10-16-9-6-7-11-17(16)18)26-27-20(31)14-30-15-25-22-21(30)23(32)29(3)24(33)28(22)2/h4-13,25H,1,14-15H2,2-3H3,(H,27,31)/b13-5-,26-19+. The lowest BCUT2D eigenvalue weighted by Crippen LogP contribution is -2.41. The van der Waals surface area contributed by atoms with Crippen molar-refractivity contribution >= 4 is 33.9 Å². The van der Waals surface area contributed by atoms with Crippen LogP contribution in [0.15, 0.2) is 82.0 Å². The largest absolute Gasteiger partial charge is 0.352 e. The fourth-order valence-electron chi connectivity index (χ4n) is 3.82. The van der Waals surface area contributed by atoms with Crippen molar-refractivity contribution in [2.75, 3.05) is 23.4 Å². The Morgan fingerprint density at radius 2 is 1.91 bits per heavy atom. The summed E-state index contributed by atoms with van der Waals surface area (Å²) in [6.07, 6.45) is 5.15. The number of fused-ring (bicyclic) bond motifs is 2. The molecule has 0 aliphatic carbocycles. The van der Waals surface area contributed by atoms with Crippen molar-refractivity contribution in [2.45, 2.75) is 0 Å². The maximum Gasteiger partial charge on any atom is 0.332 e. The van der Waals surface area contributed by atoms with Gasteiger partial charge in [0, 0.05) is 19.7 Å². The normalized spacial score (nSPS) is 13.3. The van der Waals surface area contributed by atoms with Gasteiger partial charge in [0.05, 0.1) is 12.4 Å². The summed E-state index contributed by atoms with van der Waals surface area (Å²) < 4.78 is 2.37. The van der Waals surface area contributed by atoms with Gasteiger partial charge in [-0.3, -0.25) is 18.7 Å². The fourth-order valence-corrected chi connectivity index (χ4v) is 3.82. The Balaban J connectivity index is 1.60. The average Bonchev–Trinajstić information content (AvgIpc) is 3.24. The highest BCUT2D eigenvalue weighted by Crippen LogP contribution is 2.25. The van der Waals surface area contributed by atoms with Gasteiger partial charge in [0.1, 0.15) is 18.1 Å². The Labute approximate surface area is 190 Å². The Kier molecular flexibility index (Phi) is 5.95. The van der Waals surface area contributed by atoms with Crippen molar-refractivity contribution in [3.8, 4) is 0 Å². The number of carbonyl (C=O) groups is 1. The van der Waals surface area contributed by atoms with Crippen molar-refractivity contribution in [2.24, 2.45) is 19.2 Å². The van der Waals surface area contributed by atoms with Crippen LogP contribution in [-0.2, 0) is 18.9 Å². The molecule has 2 N–H and O–H groups in total. The minimum Gasteiger partial charge on any atom is -0.352 e. The van der Waals surface area contributed by atoms with Gasteiger partial charge < -0.3 is 10.2 Å². The molecule has 33 heavy (non-hydrogen) atoms. The monoisotopic (exact) mass is 444 g/mol. The van der Waals surface area contributed by atoms with Crippen LogP contribution in [0.3, 0.4) is 0 Å². The van der Waals surface area contributed by atoms with Crippen LogP contribution in [0.1, 0.15) is 5.56 Å². The predicted octanol–water partition coefficient (Wildman–Crippen LogP) is 1.69. The van der Waals surface area contributed by atoms with E-state index in [4.69, 9.17) is 0 Å². The van der Waals surface area contributed by atoms with Gasteiger partial charge in [-0.2, -0.15) is 5.10 Å². The van der Waals surface area contributed by atoms with Crippen LogP contribution in [0.4, 0.5) is 11.5 Å². The molecule has 1 aromatic heterocycles. The van der Waals surface area contributed by atoms with Crippen molar-refractivity contribution in [3.05, 3.63) is 93.7 Å². The van der Waals surface area contributed by atoms with Gasteiger partial charge in [-0.05, 0) is 16.8 Å². The number of benzene rings is 2. The molecule has 1 aliphatic heterocycles. The summed E-state index contributed by atoms with van der Waals surface area (Å²) in [5, 5.41) is 9.42. The molecule has 0 saturated carbocycles. The maximum absolute atomic E-state index is 12.7. The van der Waals surface area contributed by atoms with Crippen LogP contribution in [-0.4, -0.2) is 34.0 Å². The van der Waals surface area contributed by atoms with Crippen LogP contribution in [0, 0.1) is 0 Å². The molecule has 0 unspecified atom stereocenters. The molecule has 1 amide bonds. The molecule has 3 aromatic rings. The third-order valence-corrected chi connectivity index (χ3v) is 5.49. The van der Waals surface area contributed by atoms with E-state index in [-0.39, 0.29) is 18.9 Å². The van der Waals surface area contributed by atoms with E-state index in [2.05, 4.69) is 22.4 Å². The van der Waals surface area contributed by atoms with E-state index in [1.54, 1.807) is 30.2 Å². The van der Waals surface area contributed by atoms with Gasteiger partial charge in [0.2, 0.25) is 0 Å². The summed E-state index contributed by atoms with van der Waals surface area (Å²) in [5.74, 6) is -0.00458. The summed E-state index contributed by atoms with van der Waals surface area (Å²) in [5.41, 5.74) is 3.41. The van der Waals surface area contributed by atoms with Crippen LogP contribution < -0.4 is 26.9 Å². The lowest BCUT2D eigenvalue weighted by Gasteiger charge is -2.16. The second-order valence-electron chi connectivity index (χ2n) is 7.59. The first-order chi connectivity index (χ1) is 15.9. The third-order valence-electron chi connectivity index (χ3n) is 5.49. The zero-order valence-electron chi connectivity index (χ0n) is 18.4. The van der Waals surface area contributed by atoms with Gasteiger partial charge in [-0.1, -0.05) is 61.2 Å². The number of rotatable bonds is 6. The zero-order chi connectivity index (χ0) is 23.5. The molecule has 0 bridgehead atoms. The molecule has 2 heterocycles. The average molecular weight is 444 g/mol. The summed E-state index contributed by atoms with van der Waals surface area (Å²) in [6.45, 7) is 3.83. The van der Waals surface area contributed by atoms with Crippen LogP contribution in [0.5, 0.6) is 0 Å². The molecule has 0 radical (unpaired) electrons. The van der Waals surface area contributed by atoms with E-state index in [1.807, 2.05) is 42.5 Å². The highest BCUT2D eigenvalue weighted by Gasteiger charge is 2.28. The molecule has 0 atom stereocenters. The van der Waals surface area contributed by atoms with Crippen LogP contribution in [0.2, 0.25) is 0 Å². The minimum absolute atomic E-state index is 0.106. The molecule has 4 rings (SSSR count). The summed E-state index contributed by atoms with van der Waals surface area (Å²) in [7, 11) is 2.98. The Morgan fingerprint density at radius 1 is 1.15 bits per heavy atom. The Bertz CT molecular complexity index is 1430. The van der Waals surface area contributed by atoms with E-state index >= 15 is 0 Å². The van der Waals surface area contributed by atoms with Crippen molar-refractivity contribution in [1.29, 1.82) is 0 Å². The topological polar surface area (TPSA) is 101 Å². The van der Waals surface area contributed by atoms with Gasteiger partial charge in [0.15, 0.2) is 0 Å². The molecule has 1 aliphatic rings. The van der Waals surface area contributed by atoms with Crippen molar-refractivity contribution in [3.63, 3.8) is 0 Å². The number of carbonyl (C=O) groups excluding carboxylic acids is 1. The van der Waals surface area contributed by atoms with E-state index in [0.29, 0.717) is 11.5 Å². The molecule has 0 spiro atoms. The summed E-state index contributed by atoms with van der Waals surface area (Å²) in [4.78, 5) is 39.0. The number of anilines is 2. The lowest BCUT2D eigenvalue weighted by atomic mass is 10.0. The molecule has 0 fully saturated rings. The molecule has 0 saturated heterocycles.